The molecular weight excluding hydrogens is 254 g/mol. The first-order valence-corrected chi connectivity index (χ1v) is 6.47. The van der Waals surface area contributed by atoms with Gasteiger partial charge in [0.1, 0.15) is 17.7 Å². The lowest BCUT2D eigenvalue weighted by Crippen LogP contribution is -2.08. The Labute approximate surface area is 107 Å². The van der Waals surface area contributed by atoms with Crippen LogP contribution in [0.15, 0.2) is 11.6 Å². The number of hydrogen-bond acceptors (Lipinski definition) is 5. The maximum atomic E-state index is 11.7. The molecule has 0 radical (unpaired) electrons. The number of Topliss-reactive ketones (excluding diaryl/α,β-unsaturated/α-hetero) is 1. The number of rotatable bonds is 5. The van der Waals surface area contributed by atoms with Gasteiger partial charge in [-0.05, 0) is 10.8 Å². The summed E-state index contributed by atoms with van der Waals surface area (Å²) in [5, 5.41) is 12.8. The van der Waals surface area contributed by atoms with Crippen LogP contribution in [0, 0.1) is 16.0 Å². The molecule has 0 spiro atoms. The number of ketones is 1. The van der Waals surface area contributed by atoms with Crippen LogP contribution in [-0.4, -0.2) is 20.1 Å². The molecule has 0 atom stereocenters. The summed E-state index contributed by atoms with van der Waals surface area (Å²) in [5.74, 6) is 0.141. The van der Waals surface area contributed by atoms with Crippen molar-refractivity contribution < 1.29 is 9.72 Å². The molecule has 0 aliphatic carbocycles. The number of fused-ring (bicyclic) bond motifs is 1. The number of thiazole rings is 1. The van der Waals surface area contributed by atoms with Crippen LogP contribution in [0.4, 0.5) is 5.82 Å². The third kappa shape index (κ3) is 2.40. The van der Waals surface area contributed by atoms with Crippen LogP contribution in [-0.2, 0) is 11.2 Å². The highest BCUT2D eigenvalue weighted by atomic mass is 32.1. The summed E-state index contributed by atoms with van der Waals surface area (Å²) >= 11 is 1.32. The molecule has 0 N–H and O–H groups in total. The summed E-state index contributed by atoms with van der Waals surface area (Å²) in [6.45, 7) is 3.89. The Morgan fingerprint density at radius 1 is 1.61 bits per heavy atom. The number of carbonyl (C=O) groups is 1. The number of hydrogen-bond donors (Lipinski definition) is 0. The Balaban J connectivity index is 2.32. The van der Waals surface area contributed by atoms with Crippen molar-refractivity contribution in [2.75, 3.05) is 0 Å². The lowest BCUT2D eigenvalue weighted by molar-refractivity contribution is -0.391. The Morgan fingerprint density at radius 3 is 2.94 bits per heavy atom. The average Bonchev–Trinajstić information content (AvgIpc) is 2.74. The van der Waals surface area contributed by atoms with Gasteiger partial charge in [0.2, 0.25) is 0 Å². The zero-order valence-electron chi connectivity index (χ0n) is 10.1. The minimum atomic E-state index is -0.481. The molecule has 96 valence electrons. The van der Waals surface area contributed by atoms with Crippen LogP contribution in [0.1, 0.15) is 26.0 Å². The minimum Gasteiger partial charge on any atom is -0.358 e. The maximum Gasteiger partial charge on any atom is 0.352 e. The number of imidazole rings is 1. The summed E-state index contributed by atoms with van der Waals surface area (Å²) in [6, 6.07) is 0. The Morgan fingerprint density at radius 2 is 2.33 bits per heavy atom. The van der Waals surface area contributed by atoms with Gasteiger partial charge in [0, 0.05) is 11.8 Å². The fourth-order valence-corrected chi connectivity index (χ4v) is 2.57. The standard InChI is InChI=1S/C11H13N3O3S/c1-7(2)5-8(15)6-9-10(14(16)17)13-3-4-18-11(13)12-9/h3-4,7H,5-6H2,1-2H3. The molecule has 2 aromatic heterocycles. The van der Waals surface area contributed by atoms with E-state index in [1.54, 1.807) is 11.6 Å². The van der Waals surface area contributed by atoms with E-state index in [4.69, 9.17) is 0 Å². The summed E-state index contributed by atoms with van der Waals surface area (Å²) in [7, 11) is 0. The van der Waals surface area contributed by atoms with Crippen molar-refractivity contribution >= 4 is 27.9 Å². The van der Waals surface area contributed by atoms with Gasteiger partial charge in [0.15, 0.2) is 0 Å². The van der Waals surface area contributed by atoms with Gasteiger partial charge < -0.3 is 10.1 Å². The third-order valence-corrected chi connectivity index (χ3v) is 3.24. The molecule has 0 saturated carbocycles. The number of nitrogens with zero attached hydrogens (tertiary/aromatic N) is 3. The zero-order valence-corrected chi connectivity index (χ0v) is 10.9. The van der Waals surface area contributed by atoms with Crippen molar-refractivity contribution in [3.63, 3.8) is 0 Å². The second-order valence-corrected chi connectivity index (χ2v) is 5.38. The van der Waals surface area contributed by atoms with E-state index < -0.39 is 4.92 Å². The molecule has 18 heavy (non-hydrogen) atoms. The van der Waals surface area contributed by atoms with Crippen molar-refractivity contribution in [1.82, 2.24) is 9.38 Å². The monoisotopic (exact) mass is 267 g/mol. The first-order valence-electron chi connectivity index (χ1n) is 5.59. The molecule has 0 amide bonds. The van der Waals surface area contributed by atoms with Crippen molar-refractivity contribution in [2.45, 2.75) is 26.7 Å². The van der Waals surface area contributed by atoms with Crippen LogP contribution < -0.4 is 0 Å². The average molecular weight is 267 g/mol. The van der Waals surface area contributed by atoms with Gasteiger partial charge >= 0.3 is 5.82 Å². The first-order chi connectivity index (χ1) is 8.49. The maximum absolute atomic E-state index is 11.7. The van der Waals surface area contributed by atoms with Crippen molar-refractivity contribution in [2.24, 2.45) is 5.92 Å². The predicted molar refractivity (Wildman–Crippen MR) is 67.9 cm³/mol. The fraction of sp³-hybridized carbons (Fsp3) is 0.455. The molecular formula is C11H13N3O3S. The largest absolute Gasteiger partial charge is 0.358 e. The van der Waals surface area contributed by atoms with E-state index in [0.717, 1.165) is 0 Å². The molecule has 0 unspecified atom stereocenters. The van der Waals surface area contributed by atoms with Gasteiger partial charge in [-0.15, -0.1) is 0 Å². The highest BCUT2D eigenvalue weighted by Crippen LogP contribution is 2.24. The molecule has 0 bridgehead atoms. The fourth-order valence-electron chi connectivity index (χ4n) is 1.84. The SMILES string of the molecule is CC(C)CC(=O)Cc1nc2sccn2c1[N+](=O)[O-]. The molecule has 2 aromatic rings. The lowest BCUT2D eigenvalue weighted by Gasteiger charge is -2.02. The third-order valence-electron chi connectivity index (χ3n) is 2.48. The van der Waals surface area contributed by atoms with E-state index >= 15 is 0 Å². The summed E-state index contributed by atoms with van der Waals surface area (Å²) in [5.41, 5.74) is 0.262. The minimum absolute atomic E-state index is 0.0150. The van der Waals surface area contributed by atoms with E-state index in [1.165, 1.54) is 15.7 Å². The van der Waals surface area contributed by atoms with Crippen molar-refractivity contribution in [1.29, 1.82) is 0 Å². The Hall–Kier alpha value is -1.76. The summed E-state index contributed by atoms with van der Waals surface area (Å²) < 4.78 is 1.42. The van der Waals surface area contributed by atoms with E-state index in [2.05, 4.69) is 4.98 Å². The molecule has 0 aromatic carbocycles. The van der Waals surface area contributed by atoms with Crippen LogP contribution in [0.5, 0.6) is 0 Å². The second-order valence-electron chi connectivity index (χ2n) is 4.51. The number of aromatic nitrogens is 2. The van der Waals surface area contributed by atoms with E-state index in [-0.39, 0.29) is 29.6 Å². The van der Waals surface area contributed by atoms with E-state index in [9.17, 15) is 14.9 Å². The lowest BCUT2D eigenvalue weighted by atomic mass is 10.0. The zero-order chi connectivity index (χ0) is 13.3. The van der Waals surface area contributed by atoms with Crippen molar-refractivity contribution in [3.8, 4) is 0 Å². The molecule has 2 rings (SSSR count). The number of nitro groups is 1. The Kier molecular flexibility index (Phi) is 3.42. The molecule has 0 saturated heterocycles. The Bertz CT molecular complexity index is 600. The molecule has 0 aliphatic rings. The number of carbonyl (C=O) groups excluding carboxylic acids is 1. The normalized spacial score (nSPS) is 11.3. The van der Waals surface area contributed by atoms with Crippen LogP contribution in [0.2, 0.25) is 0 Å². The van der Waals surface area contributed by atoms with Gasteiger partial charge in [-0.3, -0.25) is 4.79 Å². The second kappa shape index (κ2) is 4.85. The van der Waals surface area contributed by atoms with Crippen molar-refractivity contribution in [3.05, 3.63) is 27.4 Å². The molecule has 2 heterocycles. The summed E-state index contributed by atoms with van der Waals surface area (Å²) in [4.78, 5) is 27.0. The first kappa shape index (κ1) is 12.7. The molecule has 0 aliphatic heterocycles. The molecule has 6 nitrogen and oxygen atoms in total. The topological polar surface area (TPSA) is 77.5 Å². The van der Waals surface area contributed by atoms with Gasteiger partial charge in [-0.2, -0.15) is 9.38 Å². The van der Waals surface area contributed by atoms with Crippen LogP contribution in [0.25, 0.3) is 4.96 Å². The van der Waals surface area contributed by atoms with Crippen LogP contribution in [0.3, 0.4) is 0 Å². The highest BCUT2D eigenvalue weighted by Gasteiger charge is 2.25. The summed E-state index contributed by atoms with van der Waals surface area (Å²) in [6.07, 6.45) is 2.05. The molecule has 7 heteroatoms. The van der Waals surface area contributed by atoms with Crippen LogP contribution >= 0.6 is 11.3 Å². The van der Waals surface area contributed by atoms with Gasteiger partial charge in [0.05, 0.1) is 6.42 Å². The van der Waals surface area contributed by atoms with Gasteiger partial charge in [-0.25, -0.2) is 0 Å². The predicted octanol–water partition coefficient (Wildman–Crippen LogP) is 2.46. The quantitative estimate of drug-likeness (QED) is 0.615. The molecule has 0 fully saturated rings. The highest BCUT2D eigenvalue weighted by molar-refractivity contribution is 7.15. The van der Waals surface area contributed by atoms with Gasteiger partial charge in [0.25, 0.3) is 4.96 Å². The van der Waals surface area contributed by atoms with Gasteiger partial charge in [-0.1, -0.05) is 25.2 Å². The van der Waals surface area contributed by atoms with E-state index in [1.807, 2.05) is 13.8 Å². The van der Waals surface area contributed by atoms with E-state index in [0.29, 0.717) is 11.4 Å². The smallest absolute Gasteiger partial charge is 0.352 e.